The predicted molar refractivity (Wildman–Crippen MR) is 179 cm³/mol. The van der Waals surface area contributed by atoms with Crippen LogP contribution in [0.1, 0.15) is 11.1 Å². The van der Waals surface area contributed by atoms with Gasteiger partial charge < -0.3 is 9.80 Å². The van der Waals surface area contributed by atoms with Crippen LogP contribution in [0.4, 0.5) is 34.1 Å². The molecule has 0 bridgehead atoms. The molecule has 4 heteroatoms. The summed E-state index contributed by atoms with van der Waals surface area (Å²) in [7, 11) is 0. The number of hydrogen-bond donors (Lipinski definition) is 0. The van der Waals surface area contributed by atoms with E-state index >= 15 is 0 Å². The summed E-state index contributed by atoms with van der Waals surface area (Å²) >= 11 is 0. The van der Waals surface area contributed by atoms with Gasteiger partial charge in [-0.25, -0.2) is 0 Å². The van der Waals surface area contributed by atoms with Crippen LogP contribution in [-0.4, -0.2) is 0 Å². The summed E-state index contributed by atoms with van der Waals surface area (Å²) in [5, 5.41) is 19.9. The Hall–Kier alpha value is -6.36. The maximum atomic E-state index is 9.95. The molecule has 0 saturated heterocycles. The molecule has 44 heavy (non-hydrogen) atoms. The molecule has 0 unspecified atom stereocenters. The third-order valence-corrected chi connectivity index (χ3v) is 7.36. The number of hydrogen-bond acceptors (Lipinski definition) is 4. The zero-order valence-electron chi connectivity index (χ0n) is 24.0. The first kappa shape index (κ1) is 27.8. The number of nitriles is 2. The predicted octanol–water partition coefficient (Wildman–Crippen LogP) is 10.5. The molecule has 0 aliphatic rings. The molecule has 0 saturated carbocycles. The zero-order chi connectivity index (χ0) is 30.1. The Kier molecular flexibility index (Phi) is 8.26. The SMILES string of the molecule is N#CC(C#N)=C(c1ccc(N(c2ccccc2)c2ccccc2)cc1)c1ccc(N(c2ccccc2)c2ccccc2)cc1. The molecule has 6 aromatic rings. The van der Waals surface area contributed by atoms with Crippen molar-refractivity contribution >= 4 is 39.7 Å². The number of rotatable bonds is 8. The van der Waals surface area contributed by atoms with Gasteiger partial charge in [-0.3, -0.25) is 0 Å². The minimum atomic E-state index is 0.0662. The molecule has 0 aliphatic carbocycles. The molecule has 0 aliphatic heterocycles. The van der Waals surface area contributed by atoms with Gasteiger partial charge in [0, 0.05) is 39.7 Å². The van der Waals surface area contributed by atoms with Crippen LogP contribution >= 0.6 is 0 Å². The average Bonchev–Trinajstić information content (AvgIpc) is 3.10. The van der Waals surface area contributed by atoms with Gasteiger partial charge in [-0.1, -0.05) is 97.1 Å². The third-order valence-electron chi connectivity index (χ3n) is 7.36. The van der Waals surface area contributed by atoms with Crippen LogP contribution in [0.2, 0.25) is 0 Å². The van der Waals surface area contributed by atoms with Gasteiger partial charge in [-0.15, -0.1) is 0 Å². The molecular formula is C40H28N4. The molecular weight excluding hydrogens is 536 g/mol. The van der Waals surface area contributed by atoms with Crippen molar-refractivity contribution in [3.63, 3.8) is 0 Å². The largest absolute Gasteiger partial charge is 0.311 e. The zero-order valence-corrected chi connectivity index (χ0v) is 24.0. The quantitative estimate of drug-likeness (QED) is 0.173. The highest BCUT2D eigenvalue weighted by molar-refractivity contribution is 5.89. The lowest BCUT2D eigenvalue weighted by molar-refractivity contribution is 1.28. The lowest BCUT2D eigenvalue weighted by Gasteiger charge is -2.26. The number of nitrogens with zero attached hydrogens (tertiary/aromatic N) is 4. The first-order chi connectivity index (χ1) is 21.8. The van der Waals surface area contributed by atoms with Crippen molar-refractivity contribution in [2.24, 2.45) is 0 Å². The second kappa shape index (κ2) is 13.1. The van der Waals surface area contributed by atoms with Gasteiger partial charge in [-0.05, 0) is 83.9 Å². The summed E-state index contributed by atoms with van der Waals surface area (Å²) in [6.07, 6.45) is 0. The van der Waals surface area contributed by atoms with Gasteiger partial charge in [0.2, 0.25) is 0 Å². The van der Waals surface area contributed by atoms with E-state index in [0.717, 1.165) is 45.3 Å². The maximum Gasteiger partial charge on any atom is 0.138 e. The highest BCUT2D eigenvalue weighted by atomic mass is 15.1. The summed E-state index contributed by atoms with van der Waals surface area (Å²) in [4.78, 5) is 4.36. The number of benzene rings is 6. The second-order valence-electron chi connectivity index (χ2n) is 10.1. The maximum absolute atomic E-state index is 9.95. The fourth-order valence-corrected chi connectivity index (χ4v) is 5.35. The van der Waals surface area contributed by atoms with Crippen molar-refractivity contribution < 1.29 is 0 Å². The second-order valence-corrected chi connectivity index (χ2v) is 10.1. The van der Waals surface area contributed by atoms with E-state index < -0.39 is 0 Å². The van der Waals surface area contributed by atoms with Crippen molar-refractivity contribution in [1.29, 1.82) is 10.5 Å². The Labute approximate surface area is 258 Å². The van der Waals surface area contributed by atoms with Crippen LogP contribution in [0.25, 0.3) is 5.57 Å². The van der Waals surface area contributed by atoms with Crippen molar-refractivity contribution in [2.45, 2.75) is 0 Å². The number of allylic oxidation sites excluding steroid dienone is 1. The molecule has 6 rings (SSSR count). The monoisotopic (exact) mass is 564 g/mol. The Balaban J connectivity index is 1.39. The molecule has 0 spiro atoms. The number of para-hydroxylation sites is 4. The van der Waals surface area contributed by atoms with Crippen LogP contribution < -0.4 is 9.80 Å². The van der Waals surface area contributed by atoms with Gasteiger partial charge in [0.1, 0.15) is 17.7 Å². The van der Waals surface area contributed by atoms with Crippen LogP contribution in [0, 0.1) is 22.7 Å². The van der Waals surface area contributed by atoms with E-state index in [9.17, 15) is 10.5 Å². The van der Waals surface area contributed by atoms with E-state index in [1.54, 1.807) is 0 Å². The van der Waals surface area contributed by atoms with E-state index in [2.05, 4.69) is 70.5 Å². The van der Waals surface area contributed by atoms with E-state index in [0.29, 0.717) is 5.57 Å². The first-order valence-electron chi connectivity index (χ1n) is 14.3. The normalized spacial score (nSPS) is 10.2. The van der Waals surface area contributed by atoms with Gasteiger partial charge >= 0.3 is 0 Å². The van der Waals surface area contributed by atoms with Crippen LogP contribution in [-0.2, 0) is 0 Å². The van der Waals surface area contributed by atoms with Crippen LogP contribution in [0.15, 0.2) is 175 Å². The summed E-state index contributed by atoms with van der Waals surface area (Å²) < 4.78 is 0. The minimum absolute atomic E-state index is 0.0662. The van der Waals surface area contributed by atoms with Crippen molar-refractivity contribution in [3.8, 4) is 12.1 Å². The van der Waals surface area contributed by atoms with Crippen molar-refractivity contribution in [1.82, 2.24) is 0 Å². The topological polar surface area (TPSA) is 54.1 Å². The first-order valence-corrected chi connectivity index (χ1v) is 14.3. The highest BCUT2D eigenvalue weighted by Crippen LogP contribution is 2.38. The molecule has 0 heterocycles. The Morgan fingerprint density at radius 1 is 0.341 bits per heavy atom. The smallest absolute Gasteiger partial charge is 0.138 e. The van der Waals surface area contributed by atoms with Crippen molar-refractivity contribution in [2.75, 3.05) is 9.80 Å². The fraction of sp³-hybridized carbons (Fsp3) is 0. The molecule has 6 aromatic carbocycles. The van der Waals surface area contributed by atoms with Crippen LogP contribution in [0.5, 0.6) is 0 Å². The Morgan fingerprint density at radius 2 is 0.591 bits per heavy atom. The highest BCUT2D eigenvalue weighted by Gasteiger charge is 2.17. The van der Waals surface area contributed by atoms with E-state index in [4.69, 9.17) is 0 Å². The van der Waals surface area contributed by atoms with Crippen molar-refractivity contribution in [3.05, 3.63) is 187 Å². The average molecular weight is 565 g/mol. The molecule has 0 radical (unpaired) electrons. The molecule has 0 amide bonds. The standard InChI is InChI=1S/C40H28N4/c41-29-33(30-42)40(31-21-25-38(26-22-31)43(34-13-5-1-6-14-34)35-15-7-2-8-16-35)32-23-27-39(28-24-32)44(36-17-9-3-10-18-36)37-19-11-4-12-20-37/h1-28H. The third kappa shape index (κ3) is 5.83. The summed E-state index contributed by atoms with van der Waals surface area (Å²) in [5.41, 5.74) is 8.34. The van der Waals surface area contributed by atoms with Gasteiger partial charge in [0.15, 0.2) is 0 Å². The van der Waals surface area contributed by atoms with E-state index in [1.165, 1.54) is 0 Å². The Morgan fingerprint density at radius 3 is 0.841 bits per heavy atom. The lowest BCUT2D eigenvalue weighted by atomic mass is 9.93. The van der Waals surface area contributed by atoms with Crippen LogP contribution in [0.3, 0.4) is 0 Å². The molecule has 0 aromatic heterocycles. The van der Waals surface area contributed by atoms with E-state index in [1.807, 2.05) is 121 Å². The van der Waals surface area contributed by atoms with Gasteiger partial charge in [-0.2, -0.15) is 10.5 Å². The summed E-state index contributed by atoms with van der Waals surface area (Å²) in [5.74, 6) is 0. The van der Waals surface area contributed by atoms with E-state index in [-0.39, 0.29) is 5.57 Å². The minimum Gasteiger partial charge on any atom is -0.311 e. The Bertz CT molecular complexity index is 1710. The fourth-order valence-electron chi connectivity index (χ4n) is 5.35. The molecule has 0 N–H and O–H groups in total. The number of anilines is 6. The lowest BCUT2D eigenvalue weighted by Crippen LogP contribution is -2.10. The van der Waals surface area contributed by atoms with Gasteiger partial charge in [0.25, 0.3) is 0 Å². The molecule has 0 fully saturated rings. The molecule has 4 nitrogen and oxygen atoms in total. The summed E-state index contributed by atoms with van der Waals surface area (Å²) in [6, 6.07) is 61.1. The molecule has 208 valence electrons. The molecule has 0 atom stereocenters. The van der Waals surface area contributed by atoms with Gasteiger partial charge in [0.05, 0.1) is 0 Å². The summed E-state index contributed by atoms with van der Waals surface area (Å²) in [6.45, 7) is 0.